The highest BCUT2D eigenvalue weighted by atomic mass is 16.6. The number of aliphatic hydroxyl groups is 2. The number of ketones is 2. The van der Waals surface area contributed by atoms with Gasteiger partial charge in [0.15, 0.2) is 0 Å². The van der Waals surface area contributed by atoms with E-state index in [1.54, 1.807) is 13.8 Å². The molecule has 0 amide bonds. The average Bonchev–Trinajstić information content (AvgIpc) is 3.30. The van der Waals surface area contributed by atoms with E-state index in [4.69, 9.17) is 9.47 Å². The fourth-order valence-electron chi connectivity index (χ4n) is 15.2. The number of carbonyl (C=O) groups is 4. The van der Waals surface area contributed by atoms with Crippen LogP contribution in [0.15, 0.2) is 0 Å². The van der Waals surface area contributed by atoms with E-state index < -0.39 is 92.4 Å². The highest BCUT2D eigenvalue weighted by Gasteiger charge is 3.10. The van der Waals surface area contributed by atoms with Gasteiger partial charge in [-0.05, 0) is 34.5 Å². The number of ether oxygens (including phenoxy) is 2. The number of esters is 2. The van der Waals surface area contributed by atoms with E-state index in [1.807, 2.05) is 0 Å². The molecule has 14 atom stereocenters. The molecule has 6 aliphatic carbocycles. The Labute approximate surface area is 221 Å². The Bertz CT molecular complexity index is 1230. The monoisotopic (exact) mass is 524 g/mol. The van der Waals surface area contributed by atoms with Crippen LogP contribution in [0.2, 0.25) is 0 Å². The fourth-order valence-corrected chi connectivity index (χ4v) is 15.2. The number of aliphatic hydroxyl groups excluding tert-OH is 2. The molecule has 8 nitrogen and oxygen atoms in total. The fraction of sp³-hybridized carbons (Fsp3) is 0.867. The Hall–Kier alpha value is -1.80. The quantitative estimate of drug-likeness (QED) is 0.457. The number of rotatable bonds is 0. The molecule has 38 heavy (non-hydrogen) atoms. The van der Waals surface area contributed by atoms with Gasteiger partial charge in [-0.3, -0.25) is 19.2 Å². The van der Waals surface area contributed by atoms with Gasteiger partial charge in [-0.25, -0.2) is 0 Å². The van der Waals surface area contributed by atoms with E-state index in [0.717, 1.165) is 0 Å². The molecule has 2 heterocycles. The lowest BCUT2D eigenvalue weighted by atomic mass is 9.18. The summed E-state index contributed by atoms with van der Waals surface area (Å²) in [6, 6.07) is 0. The molecule has 8 heteroatoms. The van der Waals surface area contributed by atoms with E-state index in [9.17, 15) is 19.8 Å². The molecular formula is C30H36O8. The van der Waals surface area contributed by atoms with Crippen molar-refractivity contribution >= 4 is 23.5 Å². The smallest absolute Gasteiger partial charge is 0.309 e. The molecule has 0 radical (unpaired) electrons. The van der Waals surface area contributed by atoms with Crippen molar-refractivity contribution in [3.05, 3.63) is 0 Å². The molecule has 8 rings (SSSR count). The van der Waals surface area contributed by atoms with Crippen molar-refractivity contribution in [3.63, 3.8) is 0 Å². The molecule has 2 aliphatic heterocycles. The predicted octanol–water partition coefficient (Wildman–Crippen LogP) is 1.54. The Morgan fingerprint density at radius 1 is 0.658 bits per heavy atom. The first kappa shape index (κ1) is 23.0. The Kier molecular flexibility index (Phi) is 3.35. The molecule has 0 bridgehead atoms. The minimum absolute atomic E-state index is 0.0968. The van der Waals surface area contributed by atoms with Gasteiger partial charge < -0.3 is 19.7 Å². The van der Waals surface area contributed by atoms with Gasteiger partial charge in [0.05, 0.1) is 34.9 Å². The van der Waals surface area contributed by atoms with E-state index in [0.29, 0.717) is 0 Å². The third-order valence-corrected chi connectivity index (χ3v) is 15.6. The predicted molar refractivity (Wildman–Crippen MR) is 128 cm³/mol. The molecule has 0 unspecified atom stereocenters. The summed E-state index contributed by atoms with van der Waals surface area (Å²) in [6.07, 6.45) is -2.46. The normalized spacial score (nSPS) is 71.2. The molecular weight excluding hydrogens is 488 g/mol. The van der Waals surface area contributed by atoms with Crippen molar-refractivity contribution in [1.82, 2.24) is 0 Å². The second-order valence-corrected chi connectivity index (χ2v) is 15.6. The molecule has 0 aromatic carbocycles. The van der Waals surface area contributed by atoms with E-state index in [-0.39, 0.29) is 48.2 Å². The molecule has 2 spiro atoms. The third-order valence-electron chi connectivity index (χ3n) is 15.6. The standard InChI is InChI=1S/C30H36O8/c1-9-13-11(31)7-25(3)26(4)8-12(32)14-10(2)24(36)38-16(14)18-28(6)19-21(33)29(25)17(15(13)37-23(9)35)27(19,5)20(28)22(34)30(18,26)29/h9-20,31-32H,7-8H2,1-6H3/t9-,10-,11-,12-,13+,14+,15+,16+,17-,18-,19?,20?,25-,26-,27?,28?,29+,30+/m0/s1. The first-order valence-corrected chi connectivity index (χ1v) is 14.5. The molecule has 2 saturated heterocycles. The molecule has 8 fully saturated rings. The lowest BCUT2D eigenvalue weighted by Gasteiger charge is -2.82. The van der Waals surface area contributed by atoms with Gasteiger partial charge in [-0.15, -0.1) is 0 Å². The zero-order valence-electron chi connectivity index (χ0n) is 22.7. The van der Waals surface area contributed by atoms with Crippen LogP contribution in [0.1, 0.15) is 54.4 Å². The van der Waals surface area contributed by atoms with Crippen molar-refractivity contribution in [2.45, 2.75) is 78.8 Å². The number of hydrogen-bond acceptors (Lipinski definition) is 8. The molecule has 8 aliphatic rings. The molecule has 204 valence electrons. The summed E-state index contributed by atoms with van der Waals surface area (Å²) in [7, 11) is 0. The van der Waals surface area contributed by atoms with Crippen LogP contribution in [-0.4, -0.2) is 58.1 Å². The SMILES string of the molecule is C[C@@H]1C(=O)O[C@@H]2[C@H]1[C@@H](O)C[C@@]1(C)[C@]3(C)C[C@H](O)[C@@H]4[C@@H](OC(=O)[C@H]4C)[C@H]4C5(C)C6C(=O)[C@]17[C@@H]2C6(C)C5C(=O)[C@]437. The maximum atomic E-state index is 15.1. The van der Waals surface area contributed by atoms with Gasteiger partial charge >= 0.3 is 11.9 Å². The maximum Gasteiger partial charge on any atom is 0.309 e. The van der Waals surface area contributed by atoms with Crippen molar-refractivity contribution < 1.29 is 38.9 Å². The zero-order valence-corrected chi connectivity index (χ0v) is 22.7. The summed E-state index contributed by atoms with van der Waals surface area (Å²) in [5.74, 6) is -3.96. The number of Topliss-reactive ketones (excluding diaryl/α,β-unsaturated/α-hetero) is 2. The first-order valence-electron chi connectivity index (χ1n) is 14.5. The van der Waals surface area contributed by atoms with Gasteiger partial charge in [-0.2, -0.15) is 0 Å². The van der Waals surface area contributed by atoms with Crippen LogP contribution < -0.4 is 0 Å². The van der Waals surface area contributed by atoms with Crippen LogP contribution in [0.4, 0.5) is 0 Å². The summed E-state index contributed by atoms with van der Waals surface area (Å²) in [5.41, 5.74) is -5.18. The summed E-state index contributed by atoms with van der Waals surface area (Å²) >= 11 is 0. The summed E-state index contributed by atoms with van der Waals surface area (Å²) in [6.45, 7) is 11.9. The van der Waals surface area contributed by atoms with E-state index in [2.05, 4.69) is 27.7 Å². The van der Waals surface area contributed by atoms with Crippen molar-refractivity contribution in [3.8, 4) is 0 Å². The topological polar surface area (TPSA) is 127 Å². The van der Waals surface area contributed by atoms with Crippen molar-refractivity contribution in [1.29, 1.82) is 0 Å². The third kappa shape index (κ3) is 1.47. The van der Waals surface area contributed by atoms with Crippen molar-refractivity contribution in [2.24, 2.45) is 79.8 Å². The van der Waals surface area contributed by atoms with Crippen LogP contribution in [0.25, 0.3) is 0 Å². The van der Waals surface area contributed by atoms with Crippen LogP contribution in [0.5, 0.6) is 0 Å². The Balaban J connectivity index is 1.41. The number of carbonyl (C=O) groups excluding carboxylic acids is 4. The van der Waals surface area contributed by atoms with E-state index >= 15 is 9.59 Å². The summed E-state index contributed by atoms with van der Waals surface area (Å²) < 4.78 is 12.3. The van der Waals surface area contributed by atoms with Crippen LogP contribution in [0, 0.1) is 79.8 Å². The van der Waals surface area contributed by atoms with Gasteiger partial charge in [-0.1, -0.05) is 41.5 Å². The minimum Gasteiger partial charge on any atom is -0.461 e. The van der Waals surface area contributed by atoms with Gasteiger partial charge in [0.2, 0.25) is 0 Å². The molecule has 6 saturated carbocycles. The lowest BCUT2D eigenvalue weighted by molar-refractivity contribution is -0.349. The molecule has 2 N–H and O–H groups in total. The van der Waals surface area contributed by atoms with E-state index in [1.165, 1.54) is 0 Å². The van der Waals surface area contributed by atoms with Crippen LogP contribution in [-0.2, 0) is 28.7 Å². The lowest BCUT2D eigenvalue weighted by Crippen LogP contribution is -2.86. The number of hydrogen-bond donors (Lipinski definition) is 2. The second-order valence-electron chi connectivity index (χ2n) is 15.6. The molecule has 0 aromatic rings. The largest absolute Gasteiger partial charge is 0.461 e. The van der Waals surface area contributed by atoms with Crippen LogP contribution in [0.3, 0.4) is 0 Å². The van der Waals surface area contributed by atoms with Gasteiger partial charge in [0, 0.05) is 35.5 Å². The Morgan fingerprint density at radius 3 is 1.34 bits per heavy atom. The average molecular weight is 525 g/mol. The highest BCUT2D eigenvalue weighted by Crippen LogP contribution is 3.04. The van der Waals surface area contributed by atoms with Crippen molar-refractivity contribution in [2.75, 3.05) is 0 Å². The Morgan fingerprint density at radius 2 is 1.00 bits per heavy atom. The van der Waals surface area contributed by atoms with Crippen LogP contribution >= 0.6 is 0 Å². The van der Waals surface area contributed by atoms with Gasteiger partial charge in [0.1, 0.15) is 23.8 Å². The first-order chi connectivity index (χ1) is 17.7. The summed E-state index contributed by atoms with van der Waals surface area (Å²) in [4.78, 5) is 56.1. The molecule has 0 aromatic heterocycles. The zero-order chi connectivity index (χ0) is 27.1. The van der Waals surface area contributed by atoms with Gasteiger partial charge in [0.25, 0.3) is 0 Å². The highest BCUT2D eigenvalue weighted by molar-refractivity contribution is 6.14. The second kappa shape index (κ2) is 5.54. The summed E-state index contributed by atoms with van der Waals surface area (Å²) in [5, 5.41) is 23.5. The minimum atomic E-state index is -1.12. The maximum absolute atomic E-state index is 15.1. The number of fused-ring (bicyclic) bond motifs is 11.